The first-order chi connectivity index (χ1) is 17.7. The maximum Gasteiger partial charge on any atom is 0.422 e. The molecule has 198 valence electrons. The number of fused-ring (bicyclic) bond motifs is 1. The van der Waals surface area contributed by atoms with E-state index in [1.165, 1.54) is 0 Å². The van der Waals surface area contributed by atoms with Gasteiger partial charge in [-0.3, -0.25) is 9.59 Å². The number of carbonyl (C=O) groups excluding carboxylic acids is 2. The van der Waals surface area contributed by atoms with E-state index in [0.717, 1.165) is 39.9 Å². The Kier molecular flexibility index (Phi) is 8.41. The van der Waals surface area contributed by atoms with Crippen molar-refractivity contribution in [3.05, 3.63) is 65.4 Å². The molecule has 0 saturated heterocycles. The largest absolute Gasteiger partial charge is 0.489 e. The number of rotatable bonds is 9. The second-order valence-electron chi connectivity index (χ2n) is 9.47. The van der Waals surface area contributed by atoms with Crippen LogP contribution in [0.2, 0.25) is 0 Å². The predicted molar refractivity (Wildman–Crippen MR) is 133 cm³/mol. The van der Waals surface area contributed by atoms with Crippen LogP contribution in [0.25, 0.3) is 10.9 Å². The molecule has 4 rings (SSSR count). The van der Waals surface area contributed by atoms with Gasteiger partial charge in [-0.05, 0) is 55.5 Å². The number of aryl methyl sites for hydroxylation is 1. The number of amides is 1. The number of aromatic amines is 1. The maximum absolute atomic E-state index is 12.9. The van der Waals surface area contributed by atoms with Crippen molar-refractivity contribution in [3.63, 3.8) is 0 Å². The summed E-state index contributed by atoms with van der Waals surface area (Å²) in [5.74, 6) is -2.07. The molecule has 3 aromatic rings. The molecule has 0 spiro atoms. The van der Waals surface area contributed by atoms with Gasteiger partial charge in [0, 0.05) is 23.1 Å². The van der Waals surface area contributed by atoms with E-state index >= 15 is 0 Å². The number of aromatic nitrogens is 1. The van der Waals surface area contributed by atoms with Gasteiger partial charge in [-0.1, -0.05) is 43.2 Å². The third kappa shape index (κ3) is 7.05. The summed E-state index contributed by atoms with van der Waals surface area (Å²) in [4.78, 5) is 28.5. The van der Waals surface area contributed by atoms with Gasteiger partial charge in [-0.2, -0.15) is 13.2 Å². The number of nitrogens with one attached hydrogen (secondary N) is 2. The molecule has 0 aliphatic heterocycles. The van der Waals surface area contributed by atoms with E-state index in [4.69, 9.17) is 4.74 Å². The van der Waals surface area contributed by atoms with Gasteiger partial charge in [0.15, 0.2) is 6.61 Å². The SMILES string of the molecule is Cc1[nH]c2ccc(OCc3ccccc3)cc2c1CCNC(=O)C1CCCCC1C(=O)OCC(F)(F)F. The molecule has 0 bridgehead atoms. The van der Waals surface area contributed by atoms with Crippen LogP contribution in [-0.2, 0) is 27.4 Å². The van der Waals surface area contributed by atoms with Gasteiger partial charge in [0.05, 0.1) is 11.8 Å². The van der Waals surface area contributed by atoms with Crippen molar-refractivity contribution in [1.82, 2.24) is 10.3 Å². The molecular formula is C28H31F3N2O4. The molecule has 1 aliphatic rings. The van der Waals surface area contributed by atoms with Crippen molar-refractivity contribution in [2.24, 2.45) is 11.8 Å². The van der Waals surface area contributed by atoms with Gasteiger partial charge in [0.2, 0.25) is 5.91 Å². The second-order valence-corrected chi connectivity index (χ2v) is 9.47. The number of hydrogen-bond acceptors (Lipinski definition) is 4. The average Bonchev–Trinajstić information content (AvgIpc) is 3.20. The van der Waals surface area contributed by atoms with Crippen molar-refractivity contribution in [1.29, 1.82) is 0 Å². The lowest BCUT2D eigenvalue weighted by atomic mass is 9.78. The number of esters is 1. The van der Waals surface area contributed by atoms with Crippen LogP contribution in [0.15, 0.2) is 48.5 Å². The van der Waals surface area contributed by atoms with Gasteiger partial charge >= 0.3 is 12.1 Å². The number of ether oxygens (including phenoxy) is 2. The standard InChI is InChI=1S/C28H31F3N2O4/c1-18-21(24-15-20(11-12-25(24)33-18)36-16-19-7-3-2-4-8-19)13-14-32-26(34)22-9-5-6-10-23(22)27(35)37-17-28(29,30)31/h2-4,7-8,11-12,15,22-23,33H,5-6,9-10,13-14,16-17H2,1H3,(H,32,34). The molecule has 1 aromatic heterocycles. The lowest BCUT2D eigenvalue weighted by Gasteiger charge is -2.29. The summed E-state index contributed by atoms with van der Waals surface area (Å²) in [5, 5.41) is 3.89. The van der Waals surface area contributed by atoms with Crippen LogP contribution in [-0.4, -0.2) is 36.2 Å². The van der Waals surface area contributed by atoms with E-state index in [1.807, 2.05) is 55.5 Å². The number of alkyl halides is 3. The first-order valence-corrected chi connectivity index (χ1v) is 12.5. The summed E-state index contributed by atoms with van der Waals surface area (Å²) in [5.41, 5.74) is 4.06. The van der Waals surface area contributed by atoms with E-state index in [-0.39, 0.29) is 5.91 Å². The van der Waals surface area contributed by atoms with Gasteiger partial charge in [0.25, 0.3) is 0 Å². The summed E-state index contributed by atoms with van der Waals surface area (Å²) in [7, 11) is 0. The number of H-pyrrole nitrogens is 1. The highest BCUT2D eigenvalue weighted by Crippen LogP contribution is 2.32. The monoisotopic (exact) mass is 516 g/mol. The zero-order valence-corrected chi connectivity index (χ0v) is 20.7. The van der Waals surface area contributed by atoms with Crippen molar-refractivity contribution in [3.8, 4) is 5.75 Å². The van der Waals surface area contributed by atoms with Crippen LogP contribution in [0.5, 0.6) is 5.75 Å². The number of halogens is 3. The van der Waals surface area contributed by atoms with Crippen molar-refractivity contribution >= 4 is 22.8 Å². The normalized spacial score (nSPS) is 17.9. The Morgan fingerprint density at radius 1 is 1.05 bits per heavy atom. The highest BCUT2D eigenvalue weighted by molar-refractivity contribution is 5.87. The summed E-state index contributed by atoms with van der Waals surface area (Å²) in [6, 6.07) is 15.7. The summed E-state index contributed by atoms with van der Waals surface area (Å²) in [6.07, 6.45) is -1.82. The lowest BCUT2D eigenvalue weighted by molar-refractivity contribution is -0.191. The van der Waals surface area contributed by atoms with Crippen molar-refractivity contribution in [2.45, 2.75) is 51.8 Å². The number of hydrogen-bond donors (Lipinski definition) is 2. The Balaban J connectivity index is 1.36. The predicted octanol–water partition coefficient (Wildman–Crippen LogP) is 5.63. The zero-order chi connectivity index (χ0) is 26.4. The van der Waals surface area contributed by atoms with Crippen molar-refractivity contribution < 1.29 is 32.2 Å². The molecule has 0 radical (unpaired) electrons. The maximum atomic E-state index is 12.9. The van der Waals surface area contributed by atoms with E-state index in [1.54, 1.807) is 0 Å². The van der Waals surface area contributed by atoms with Gasteiger partial charge in [0.1, 0.15) is 12.4 Å². The highest BCUT2D eigenvalue weighted by Gasteiger charge is 2.38. The van der Waals surface area contributed by atoms with Gasteiger partial charge in [-0.15, -0.1) is 0 Å². The molecule has 2 unspecified atom stereocenters. The molecule has 1 heterocycles. The molecule has 2 N–H and O–H groups in total. The third-order valence-electron chi connectivity index (χ3n) is 6.80. The average molecular weight is 517 g/mol. The summed E-state index contributed by atoms with van der Waals surface area (Å²) < 4.78 is 47.8. The topological polar surface area (TPSA) is 80.4 Å². The molecule has 2 atom stereocenters. The van der Waals surface area contributed by atoms with E-state index in [0.29, 0.717) is 38.8 Å². The quantitative estimate of drug-likeness (QED) is 0.362. The lowest BCUT2D eigenvalue weighted by Crippen LogP contribution is -2.41. The van der Waals surface area contributed by atoms with E-state index in [9.17, 15) is 22.8 Å². The fourth-order valence-electron chi connectivity index (χ4n) is 4.94. The van der Waals surface area contributed by atoms with Crippen LogP contribution in [0, 0.1) is 18.8 Å². The van der Waals surface area contributed by atoms with Gasteiger partial charge < -0.3 is 19.8 Å². The minimum absolute atomic E-state index is 0.321. The van der Waals surface area contributed by atoms with Crippen LogP contribution in [0.1, 0.15) is 42.5 Å². The van der Waals surface area contributed by atoms with E-state index < -0.39 is 30.6 Å². The van der Waals surface area contributed by atoms with Crippen LogP contribution < -0.4 is 10.1 Å². The fraction of sp³-hybridized carbons (Fsp3) is 0.429. The molecule has 9 heteroatoms. The fourth-order valence-corrected chi connectivity index (χ4v) is 4.94. The minimum Gasteiger partial charge on any atom is -0.489 e. The summed E-state index contributed by atoms with van der Waals surface area (Å²) in [6.45, 7) is 1.13. The second kappa shape index (κ2) is 11.7. The molecule has 1 saturated carbocycles. The number of carbonyl (C=O) groups is 2. The molecule has 1 amide bonds. The zero-order valence-electron chi connectivity index (χ0n) is 20.7. The molecule has 37 heavy (non-hydrogen) atoms. The minimum atomic E-state index is -4.59. The Morgan fingerprint density at radius 2 is 1.78 bits per heavy atom. The molecule has 2 aromatic carbocycles. The Labute approximate surface area is 213 Å². The van der Waals surface area contributed by atoms with Gasteiger partial charge in [-0.25, -0.2) is 0 Å². The van der Waals surface area contributed by atoms with Crippen LogP contribution in [0.3, 0.4) is 0 Å². The Hall–Kier alpha value is -3.49. The Bertz CT molecular complexity index is 1220. The smallest absolute Gasteiger partial charge is 0.422 e. The highest BCUT2D eigenvalue weighted by atomic mass is 19.4. The Morgan fingerprint density at radius 3 is 2.51 bits per heavy atom. The third-order valence-corrected chi connectivity index (χ3v) is 6.80. The molecule has 1 aliphatic carbocycles. The summed E-state index contributed by atoms with van der Waals surface area (Å²) >= 11 is 0. The first kappa shape index (κ1) is 26.6. The van der Waals surface area contributed by atoms with E-state index in [2.05, 4.69) is 15.0 Å². The molecule has 6 nitrogen and oxygen atoms in total. The number of benzene rings is 2. The molecule has 1 fully saturated rings. The van der Waals surface area contributed by atoms with Crippen molar-refractivity contribution in [2.75, 3.05) is 13.2 Å². The first-order valence-electron chi connectivity index (χ1n) is 12.5. The molecular weight excluding hydrogens is 485 g/mol. The van der Waals surface area contributed by atoms with Crippen LogP contribution in [0.4, 0.5) is 13.2 Å². The van der Waals surface area contributed by atoms with Crippen LogP contribution >= 0.6 is 0 Å².